The van der Waals surface area contributed by atoms with Crippen molar-refractivity contribution in [3.8, 4) is 11.5 Å². The van der Waals surface area contributed by atoms with Gasteiger partial charge in [-0.1, -0.05) is 48.7 Å². The van der Waals surface area contributed by atoms with Gasteiger partial charge in [-0.15, -0.1) is 0 Å². The fourth-order valence-electron chi connectivity index (χ4n) is 4.80. The van der Waals surface area contributed by atoms with Gasteiger partial charge in [0, 0.05) is 6.04 Å². The molecule has 1 aliphatic heterocycles. The summed E-state index contributed by atoms with van der Waals surface area (Å²) in [5.74, 6) is -0.781. The Labute approximate surface area is 182 Å². The van der Waals surface area contributed by atoms with Gasteiger partial charge in [0.15, 0.2) is 0 Å². The lowest BCUT2D eigenvalue weighted by Gasteiger charge is -2.31. The number of carbonyl (C=O) groups is 2. The molecule has 4 rings (SSSR count). The van der Waals surface area contributed by atoms with Crippen molar-refractivity contribution >= 4 is 17.4 Å². The molecule has 2 aliphatic rings. The summed E-state index contributed by atoms with van der Waals surface area (Å²) in [4.78, 5) is 28.1. The Morgan fingerprint density at radius 3 is 2.19 bits per heavy atom. The molecule has 2 aromatic rings. The van der Waals surface area contributed by atoms with E-state index in [4.69, 9.17) is 9.47 Å². The van der Waals surface area contributed by atoms with Crippen LogP contribution in [0.4, 0.5) is 0 Å². The van der Waals surface area contributed by atoms with Crippen LogP contribution in [0, 0.1) is 6.92 Å². The number of ether oxygens (including phenoxy) is 2. The summed E-state index contributed by atoms with van der Waals surface area (Å²) in [6.45, 7) is 1.97. The maximum atomic E-state index is 13.3. The van der Waals surface area contributed by atoms with E-state index in [1.54, 1.807) is 23.1 Å². The smallest absolute Gasteiger partial charge is 0.295 e. The Kier molecular flexibility index (Phi) is 5.72. The van der Waals surface area contributed by atoms with E-state index in [9.17, 15) is 14.7 Å². The molecule has 1 aliphatic carbocycles. The second kappa shape index (κ2) is 8.46. The molecule has 2 fully saturated rings. The van der Waals surface area contributed by atoms with Gasteiger partial charge in [-0.25, -0.2) is 0 Å². The van der Waals surface area contributed by atoms with Gasteiger partial charge in [0.05, 0.1) is 25.8 Å². The molecule has 0 spiro atoms. The van der Waals surface area contributed by atoms with Crippen LogP contribution in [0.2, 0.25) is 0 Å². The molecule has 31 heavy (non-hydrogen) atoms. The van der Waals surface area contributed by atoms with Crippen molar-refractivity contribution in [2.24, 2.45) is 0 Å². The summed E-state index contributed by atoms with van der Waals surface area (Å²) < 4.78 is 10.9. The standard InChI is InChI=1S/C25H27NO5/c1-15-8-6-9-16(14-15)22-21(24(28)25(29)26(22)17-10-4-5-11-17)23(27)20-18(30-2)12-7-13-19(20)31-3/h6-9,12-14,17,22,27H,4-5,10-11H2,1-3H3/b23-21+. The molecule has 6 heteroatoms. The molecule has 1 heterocycles. The largest absolute Gasteiger partial charge is 0.506 e. The molecule has 0 radical (unpaired) electrons. The molecule has 2 aromatic carbocycles. The Bertz CT molecular complexity index is 1030. The van der Waals surface area contributed by atoms with Crippen molar-refractivity contribution in [2.45, 2.75) is 44.7 Å². The van der Waals surface area contributed by atoms with Gasteiger partial charge in [0.25, 0.3) is 11.7 Å². The van der Waals surface area contributed by atoms with Crippen molar-refractivity contribution in [3.63, 3.8) is 0 Å². The van der Waals surface area contributed by atoms with Crippen molar-refractivity contribution in [1.82, 2.24) is 4.90 Å². The maximum absolute atomic E-state index is 13.3. The van der Waals surface area contributed by atoms with Crippen LogP contribution in [0.3, 0.4) is 0 Å². The highest BCUT2D eigenvalue weighted by Crippen LogP contribution is 2.46. The summed E-state index contributed by atoms with van der Waals surface area (Å²) >= 11 is 0. The number of aryl methyl sites for hydroxylation is 1. The molecule has 0 bridgehead atoms. The second-order valence-electron chi connectivity index (χ2n) is 8.10. The monoisotopic (exact) mass is 421 g/mol. The van der Waals surface area contributed by atoms with Gasteiger partial charge in [0.2, 0.25) is 0 Å². The summed E-state index contributed by atoms with van der Waals surface area (Å²) in [6.07, 6.45) is 3.75. The van der Waals surface area contributed by atoms with Gasteiger partial charge in [0.1, 0.15) is 22.8 Å². The van der Waals surface area contributed by atoms with E-state index in [0.29, 0.717) is 11.5 Å². The van der Waals surface area contributed by atoms with Gasteiger partial charge in [-0.05, 0) is 37.5 Å². The SMILES string of the molecule is COc1cccc(OC)c1/C(O)=C1\C(=O)C(=O)N(C2CCCC2)C1c1cccc(C)c1. The van der Waals surface area contributed by atoms with Crippen LogP contribution in [0.5, 0.6) is 11.5 Å². The summed E-state index contributed by atoms with van der Waals surface area (Å²) in [5, 5.41) is 11.4. The number of aliphatic hydroxyl groups is 1. The first-order valence-corrected chi connectivity index (χ1v) is 10.6. The Morgan fingerprint density at radius 1 is 1.00 bits per heavy atom. The number of Topliss-reactive ketones (excluding diaryl/α,β-unsaturated/α-hetero) is 1. The average Bonchev–Trinajstić information content (AvgIpc) is 3.39. The third-order valence-corrected chi connectivity index (χ3v) is 6.22. The first-order valence-electron chi connectivity index (χ1n) is 10.6. The molecular weight excluding hydrogens is 394 g/mol. The minimum atomic E-state index is -0.677. The maximum Gasteiger partial charge on any atom is 0.295 e. The summed E-state index contributed by atoms with van der Waals surface area (Å²) in [5.41, 5.74) is 2.17. The number of carbonyl (C=O) groups excluding carboxylic acids is 2. The number of nitrogens with zero attached hydrogens (tertiary/aromatic N) is 1. The van der Waals surface area contributed by atoms with Crippen molar-refractivity contribution < 1.29 is 24.2 Å². The number of benzene rings is 2. The van der Waals surface area contributed by atoms with E-state index >= 15 is 0 Å². The molecule has 1 saturated heterocycles. The molecule has 1 saturated carbocycles. The molecule has 6 nitrogen and oxygen atoms in total. The van der Waals surface area contributed by atoms with E-state index in [0.717, 1.165) is 36.8 Å². The Morgan fingerprint density at radius 2 is 1.61 bits per heavy atom. The first-order chi connectivity index (χ1) is 15.0. The van der Waals surface area contributed by atoms with Gasteiger partial charge in [-0.3, -0.25) is 9.59 Å². The highest BCUT2D eigenvalue weighted by Gasteiger charge is 2.49. The second-order valence-corrected chi connectivity index (χ2v) is 8.10. The zero-order valence-corrected chi connectivity index (χ0v) is 18.1. The number of likely N-dealkylation sites (tertiary alicyclic amines) is 1. The highest BCUT2D eigenvalue weighted by atomic mass is 16.5. The number of amides is 1. The lowest BCUT2D eigenvalue weighted by atomic mass is 9.93. The molecule has 1 atom stereocenters. The molecule has 162 valence electrons. The topological polar surface area (TPSA) is 76.1 Å². The normalized spacial score (nSPS) is 21.0. The predicted octanol–water partition coefficient (Wildman–Crippen LogP) is 4.38. The third kappa shape index (κ3) is 3.56. The number of ketones is 1. The Balaban J connectivity index is 1.96. The zero-order valence-electron chi connectivity index (χ0n) is 18.1. The lowest BCUT2D eigenvalue weighted by molar-refractivity contribution is -0.141. The van der Waals surface area contributed by atoms with Crippen molar-refractivity contribution in [1.29, 1.82) is 0 Å². The number of rotatable bonds is 5. The quantitative estimate of drug-likeness (QED) is 0.441. The molecular formula is C25H27NO5. The first kappa shape index (κ1) is 21.0. The van der Waals surface area contributed by atoms with Gasteiger partial charge < -0.3 is 19.5 Å². The van der Waals surface area contributed by atoms with E-state index in [1.807, 2.05) is 31.2 Å². The highest BCUT2D eigenvalue weighted by molar-refractivity contribution is 6.46. The predicted molar refractivity (Wildman–Crippen MR) is 117 cm³/mol. The van der Waals surface area contributed by atoms with Crippen LogP contribution in [0.25, 0.3) is 5.76 Å². The number of aliphatic hydroxyl groups excluding tert-OH is 1. The summed E-state index contributed by atoms with van der Waals surface area (Å²) in [6, 6.07) is 12.2. The summed E-state index contributed by atoms with van der Waals surface area (Å²) in [7, 11) is 2.97. The fourth-order valence-corrected chi connectivity index (χ4v) is 4.80. The van der Waals surface area contributed by atoms with Gasteiger partial charge >= 0.3 is 0 Å². The average molecular weight is 421 g/mol. The zero-order chi connectivity index (χ0) is 22.1. The Hall–Kier alpha value is -3.28. The van der Waals surface area contributed by atoms with Crippen LogP contribution in [0.15, 0.2) is 48.0 Å². The number of hydrogen-bond acceptors (Lipinski definition) is 5. The van der Waals surface area contributed by atoms with Gasteiger partial charge in [-0.2, -0.15) is 0 Å². The minimum Gasteiger partial charge on any atom is -0.506 e. The van der Waals surface area contributed by atoms with Crippen LogP contribution in [-0.2, 0) is 9.59 Å². The van der Waals surface area contributed by atoms with Crippen LogP contribution in [-0.4, -0.2) is 42.0 Å². The lowest BCUT2D eigenvalue weighted by Crippen LogP contribution is -2.37. The number of hydrogen-bond donors (Lipinski definition) is 1. The van der Waals surface area contributed by atoms with E-state index in [-0.39, 0.29) is 22.9 Å². The van der Waals surface area contributed by atoms with Crippen LogP contribution < -0.4 is 9.47 Å². The molecule has 1 amide bonds. The van der Waals surface area contributed by atoms with E-state index < -0.39 is 17.7 Å². The number of methoxy groups -OCH3 is 2. The fraction of sp³-hybridized carbons (Fsp3) is 0.360. The molecule has 0 aromatic heterocycles. The van der Waals surface area contributed by atoms with E-state index in [2.05, 4.69) is 0 Å². The third-order valence-electron chi connectivity index (χ3n) is 6.22. The van der Waals surface area contributed by atoms with Crippen molar-refractivity contribution in [3.05, 3.63) is 64.7 Å². The minimum absolute atomic E-state index is 0.0215. The van der Waals surface area contributed by atoms with Crippen LogP contribution >= 0.6 is 0 Å². The van der Waals surface area contributed by atoms with Crippen molar-refractivity contribution in [2.75, 3.05) is 14.2 Å². The van der Waals surface area contributed by atoms with Crippen LogP contribution in [0.1, 0.15) is 48.4 Å². The molecule has 1 unspecified atom stereocenters. The molecule has 1 N–H and O–H groups in total. The van der Waals surface area contributed by atoms with E-state index in [1.165, 1.54) is 14.2 Å².